The summed E-state index contributed by atoms with van der Waals surface area (Å²) in [4.78, 5) is 12.2. The van der Waals surface area contributed by atoms with Gasteiger partial charge < -0.3 is 4.42 Å². The summed E-state index contributed by atoms with van der Waals surface area (Å²) >= 11 is 0. The number of carbonyl (C=O) groups excluding carboxylic acids is 1. The average Bonchev–Trinajstić information content (AvgIpc) is 2.91. The van der Waals surface area contributed by atoms with Gasteiger partial charge in [-0.05, 0) is 23.6 Å². The van der Waals surface area contributed by atoms with Gasteiger partial charge in [0.15, 0.2) is 5.76 Å². The van der Waals surface area contributed by atoms with E-state index in [0.717, 1.165) is 12.0 Å². The number of fused-ring (bicyclic) bond motifs is 7. The van der Waals surface area contributed by atoms with Gasteiger partial charge in [-0.3, -0.25) is 4.79 Å². The van der Waals surface area contributed by atoms with E-state index >= 15 is 0 Å². The lowest BCUT2D eigenvalue weighted by molar-refractivity contribution is 0.0920. The number of Topliss-reactive ketones (excluding diaryl/α,β-unsaturated/α-hetero) is 1. The Bertz CT molecular complexity index is 594. The van der Waals surface area contributed by atoms with Gasteiger partial charge in [0.25, 0.3) is 0 Å². The molecular formula is C14H10O2. The van der Waals surface area contributed by atoms with Crippen LogP contribution in [0.15, 0.2) is 41.0 Å². The predicted molar refractivity (Wildman–Crippen MR) is 58.7 cm³/mol. The fourth-order valence-electron chi connectivity index (χ4n) is 3.13. The van der Waals surface area contributed by atoms with Crippen molar-refractivity contribution in [1.29, 1.82) is 0 Å². The average molecular weight is 210 g/mol. The summed E-state index contributed by atoms with van der Waals surface area (Å²) in [5.41, 5.74) is 3.58. The summed E-state index contributed by atoms with van der Waals surface area (Å²) < 4.78 is 5.33. The van der Waals surface area contributed by atoms with Crippen molar-refractivity contribution in [2.24, 2.45) is 0 Å². The molecule has 2 aliphatic carbocycles. The molecule has 0 fully saturated rings. The van der Waals surface area contributed by atoms with Crippen LogP contribution in [0, 0.1) is 0 Å². The van der Waals surface area contributed by atoms with Gasteiger partial charge in [0.1, 0.15) is 0 Å². The van der Waals surface area contributed by atoms with Crippen molar-refractivity contribution in [3.8, 4) is 0 Å². The molecule has 78 valence electrons. The van der Waals surface area contributed by atoms with Crippen LogP contribution in [0.2, 0.25) is 0 Å². The topological polar surface area (TPSA) is 30.2 Å². The molecule has 1 heterocycles. The van der Waals surface area contributed by atoms with Crippen LogP contribution in [-0.4, -0.2) is 5.78 Å². The van der Waals surface area contributed by atoms with Crippen molar-refractivity contribution in [3.63, 3.8) is 0 Å². The van der Waals surface area contributed by atoms with E-state index in [1.807, 2.05) is 18.2 Å². The van der Waals surface area contributed by atoms with Crippen LogP contribution < -0.4 is 0 Å². The van der Waals surface area contributed by atoms with Gasteiger partial charge in [-0.1, -0.05) is 24.3 Å². The van der Waals surface area contributed by atoms with Gasteiger partial charge in [0, 0.05) is 11.5 Å². The molecule has 16 heavy (non-hydrogen) atoms. The summed E-state index contributed by atoms with van der Waals surface area (Å²) in [6.07, 6.45) is 2.55. The zero-order valence-electron chi connectivity index (χ0n) is 8.64. The fraction of sp³-hybridized carbons (Fsp3) is 0.214. The number of ketones is 1. The van der Waals surface area contributed by atoms with Gasteiger partial charge in [-0.2, -0.15) is 0 Å². The molecule has 2 aliphatic rings. The maximum absolute atomic E-state index is 12.2. The minimum atomic E-state index is 0.0276. The summed E-state index contributed by atoms with van der Waals surface area (Å²) in [6.45, 7) is 0. The van der Waals surface area contributed by atoms with Crippen LogP contribution in [0.25, 0.3) is 0 Å². The smallest absolute Gasteiger partial charge is 0.205 e. The van der Waals surface area contributed by atoms with Gasteiger partial charge in [-0.25, -0.2) is 0 Å². The molecule has 0 saturated heterocycles. The molecule has 2 heteroatoms. The molecule has 2 nitrogen and oxygen atoms in total. The molecule has 1 aromatic carbocycles. The Kier molecular flexibility index (Phi) is 1.38. The van der Waals surface area contributed by atoms with Crippen molar-refractivity contribution >= 4 is 5.78 Å². The Labute approximate surface area is 92.9 Å². The Morgan fingerprint density at radius 1 is 1.00 bits per heavy atom. The van der Waals surface area contributed by atoms with Gasteiger partial charge in [-0.15, -0.1) is 0 Å². The van der Waals surface area contributed by atoms with Crippen LogP contribution >= 0.6 is 0 Å². The zero-order valence-corrected chi connectivity index (χ0v) is 8.64. The van der Waals surface area contributed by atoms with Crippen LogP contribution in [-0.2, 0) is 0 Å². The lowest BCUT2D eigenvalue weighted by atomic mass is 9.85. The third-order valence-corrected chi connectivity index (χ3v) is 3.83. The maximum atomic E-state index is 12.2. The molecule has 4 rings (SSSR count). The third-order valence-electron chi connectivity index (χ3n) is 3.83. The van der Waals surface area contributed by atoms with Crippen LogP contribution in [0.3, 0.4) is 0 Å². The lowest BCUT2D eigenvalue weighted by Gasteiger charge is -2.17. The van der Waals surface area contributed by atoms with E-state index in [9.17, 15) is 4.79 Å². The number of furan rings is 1. The minimum Gasteiger partial charge on any atom is -0.461 e. The van der Waals surface area contributed by atoms with E-state index in [-0.39, 0.29) is 11.7 Å². The highest BCUT2D eigenvalue weighted by atomic mass is 16.3. The highest BCUT2D eigenvalue weighted by molar-refractivity contribution is 6.03. The van der Waals surface area contributed by atoms with Gasteiger partial charge in [0.2, 0.25) is 5.78 Å². The lowest BCUT2D eigenvalue weighted by Crippen LogP contribution is -2.16. The normalized spacial score (nSPS) is 25.4. The predicted octanol–water partition coefficient (Wildman–Crippen LogP) is 3.10. The second-order valence-electron chi connectivity index (χ2n) is 4.54. The zero-order chi connectivity index (χ0) is 10.7. The Morgan fingerprint density at radius 2 is 1.75 bits per heavy atom. The highest BCUT2D eigenvalue weighted by Crippen LogP contribution is 2.51. The number of benzene rings is 1. The first-order valence-corrected chi connectivity index (χ1v) is 5.56. The highest BCUT2D eigenvalue weighted by Gasteiger charge is 2.44. The van der Waals surface area contributed by atoms with Crippen LogP contribution in [0.5, 0.6) is 0 Å². The first-order valence-electron chi connectivity index (χ1n) is 5.56. The number of hydrogen-bond donors (Lipinski definition) is 0. The molecule has 2 aromatic rings. The molecule has 0 unspecified atom stereocenters. The van der Waals surface area contributed by atoms with Crippen LogP contribution in [0.1, 0.15) is 45.5 Å². The standard InChI is InChI=1S/C14H10O2/c15-13-12-7-11(10-5-6-16-14(10)13)8-3-1-2-4-9(8)12/h1-6,11-12H,7H2/t11-,12+/m1/s1. The molecule has 0 saturated carbocycles. The minimum absolute atomic E-state index is 0.0276. The van der Waals surface area contributed by atoms with E-state index in [0.29, 0.717) is 11.7 Å². The summed E-state index contributed by atoms with van der Waals surface area (Å²) in [6, 6.07) is 10.2. The van der Waals surface area contributed by atoms with Gasteiger partial charge in [0.05, 0.1) is 12.2 Å². The quantitative estimate of drug-likeness (QED) is 0.668. The summed E-state index contributed by atoms with van der Waals surface area (Å²) in [5.74, 6) is 1.13. The Hall–Kier alpha value is -1.83. The molecule has 0 aliphatic heterocycles. The molecule has 2 atom stereocenters. The molecule has 0 amide bonds. The second kappa shape index (κ2) is 2.64. The molecule has 1 aromatic heterocycles. The molecule has 0 radical (unpaired) electrons. The second-order valence-corrected chi connectivity index (χ2v) is 4.54. The fourth-order valence-corrected chi connectivity index (χ4v) is 3.13. The van der Waals surface area contributed by atoms with E-state index < -0.39 is 0 Å². The summed E-state index contributed by atoms with van der Waals surface area (Å²) in [7, 11) is 0. The van der Waals surface area contributed by atoms with Crippen molar-refractivity contribution in [2.75, 3.05) is 0 Å². The first kappa shape index (κ1) is 8.34. The molecular weight excluding hydrogens is 200 g/mol. The van der Waals surface area contributed by atoms with Crippen molar-refractivity contribution in [1.82, 2.24) is 0 Å². The third kappa shape index (κ3) is 0.815. The van der Waals surface area contributed by atoms with Crippen molar-refractivity contribution in [3.05, 3.63) is 59.0 Å². The van der Waals surface area contributed by atoms with Crippen molar-refractivity contribution < 1.29 is 9.21 Å². The van der Waals surface area contributed by atoms with Gasteiger partial charge >= 0.3 is 0 Å². The Balaban J connectivity index is 2.05. The van der Waals surface area contributed by atoms with E-state index in [1.54, 1.807) is 6.26 Å². The summed E-state index contributed by atoms with van der Waals surface area (Å²) in [5, 5.41) is 0. The SMILES string of the molecule is O=C1c2occc2[C@@H]2C[C@H]1c1ccccc12. The van der Waals surface area contributed by atoms with E-state index in [2.05, 4.69) is 12.1 Å². The van der Waals surface area contributed by atoms with Crippen LogP contribution in [0.4, 0.5) is 0 Å². The van der Waals surface area contributed by atoms with E-state index in [4.69, 9.17) is 4.42 Å². The number of rotatable bonds is 0. The molecule has 0 N–H and O–H groups in total. The molecule has 2 bridgehead atoms. The maximum Gasteiger partial charge on any atom is 0.205 e. The number of hydrogen-bond acceptors (Lipinski definition) is 2. The number of carbonyl (C=O) groups is 1. The van der Waals surface area contributed by atoms with E-state index in [1.165, 1.54) is 11.1 Å². The monoisotopic (exact) mass is 210 g/mol. The Morgan fingerprint density at radius 3 is 2.56 bits per heavy atom. The molecule has 0 spiro atoms. The van der Waals surface area contributed by atoms with Crippen molar-refractivity contribution in [2.45, 2.75) is 18.3 Å². The largest absolute Gasteiger partial charge is 0.461 e. The first-order chi connectivity index (χ1) is 7.86.